The van der Waals surface area contributed by atoms with Gasteiger partial charge in [-0.25, -0.2) is 0 Å². The fourth-order valence-electron chi connectivity index (χ4n) is 1.91. The van der Waals surface area contributed by atoms with Gasteiger partial charge in [0.25, 0.3) is 0 Å². The van der Waals surface area contributed by atoms with Crippen molar-refractivity contribution in [2.24, 2.45) is 11.7 Å². The molecule has 0 aliphatic heterocycles. The van der Waals surface area contributed by atoms with E-state index in [1.165, 1.54) is 0 Å². The van der Waals surface area contributed by atoms with E-state index in [9.17, 15) is 9.90 Å². The summed E-state index contributed by atoms with van der Waals surface area (Å²) in [6.45, 7) is 5.19. The third-order valence-electron chi connectivity index (χ3n) is 3.21. The Labute approximate surface area is 105 Å². The molecule has 0 saturated carbocycles. The lowest BCUT2D eigenvalue weighted by molar-refractivity contribution is -0.121. The van der Waals surface area contributed by atoms with Crippen molar-refractivity contribution in [1.29, 1.82) is 0 Å². The van der Waals surface area contributed by atoms with Crippen LogP contribution in [0, 0.1) is 5.92 Å². The molecule has 0 bridgehead atoms. The van der Waals surface area contributed by atoms with Crippen LogP contribution in [0.15, 0.2) is 0 Å². The van der Waals surface area contributed by atoms with Gasteiger partial charge in [-0.2, -0.15) is 0 Å². The van der Waals surface area contributed by atoms with Gasteiger partial charge in [-0.05, 0) is 25.3 Å². The molecule has 4 heteroatoms. The molecule has 0 aliphatic rings. The summed E-state index contributed by atoms with van der Waals surface area (Å²) in [6.07, 6.45) is 4.87. The van der Waals surface area contributed by atoms with Gasteiger partial charge in [0.1, 0.15) is 0 Å². The Morgan fingerprint density at radius 3 is 2.41 bits per heavy atom. The van der Waals surface area contributed by atoms with Crippen molar-refractivity contribution in [3.63, 3.8) is 0 Å². The Morgan fingerprint density at radius 1 is 1.24 bits per heavy atom. The molecule has 0 radical (unpaired) electrons. The van der Waals surface area contributed by atoms with E-state index in [0.29, 0.717) is 19.5 Å². The molecule has 4 N–H and O–H groups in total. The van der Waals surface area contributed by atoms with Crippen molar-refractivity contribution in [3.05, 3.63) is 0 Å². The first-order chi connectivity index (χ1) is 8.15. The van der Waals surface area contributed by atoms with Crippen LogP contribution in [-0.4, -0.2) is 30.2 Å². The zero-order valence-corrected chi connectivity index (χ0v) is 11.2. The Hall–Kier alpha value is -0.610. The Balaban J connectivity index is 3.61. The van der Waals surface area contributed by atoms with Gasteiger partial charge >= 0.3 is 0 Å². The minimum absolute atomic E-state index is 0.0343. The molecule has 1 unspecified atom stereocenters. The first-order valence-electron chi connectivity index (χ1n) is 6.80. The third kappa shape index (κ3) is 8.16. The molecule has 17 heavy (non-hydrogen) atoms. The minimum Gasteiger partial charge on any atom is -0.391 e. The molecule has 0 aromatic heterocycles. The molecule has 1 atom stereocenters. The van der Waals surface area contributed by atoms with Crippen molar-refractivity contribution < 1.29 is 9.90 Å². The summed E-state index contributed by atoms with van der Waals surface area (Å²) in [5, 5.41) is 12.6. The van der Waals surface area contributed by atoms with E-state index in [1.807, 2.05) is 0 Å². The summed E-state index contributed by atoms with van der Waals surface area (Å²) in [7, 11) is 0. The number of amides is 1. The minimum atomic E-state index is -0.419. The van der Waals surface area contributed by atoms with Gasteiger partial charge in [-0.1, -0.05) is 33.1 Å². The smallest absolute Gasteiger partial charge is 0.220 e. The van der Waals surface area contributed by atoms with Crippen molar-refractivity contribution in [2.75, 3.05) is 13.1 Å². The highest BCUT2D eigenvalue weighted by Gasteiger charge is 2.15. The SMILES string of the molecule is CCC(CC)C(O)CNC(=O)CCCCCN. The summed E-state index contributed by atoms with van der Waals surface area (Å²) in [5.41, 5.74) is 5.37. The van der Waals surface area contributed by atoms with Gasteiger partial charge in [-0.3, -0.25) is 4.79 Å². The summed E-state index contributed by atoms with van der Waals surface area (Å²) >= 11 is 0. The maximum absolute atomic E-state index is 11.5. The lowest BCUT2D eigenvalue weighted by Crippen LogP contribution is -2.35. The number of carbonyl (C=O) groups is 1. The second kappa shape index (κ2) is 10.5. The Morgan fingerprint density at radius 2 is 1.88 bits per heavy atom. The van der Waals surface area contributed by atoms with Crippen LogP contribution in [0.3, 0.4) is 0 Å². The third-order valence-corrected chi connectivity index (χ3v) is 3.21. The van der Waals surface area contributed by atoms with Gasteiger partial charge < -0.3 is 16.2 Å². The number of carbonyl (C=O) groups excluding carboxylic acids is 1. The van der Waals surface area contributed by atoms with Crippen molar-refractivity contribution in [2.45, 2.75) is 58.5 Å². The Bertz CT molecular complexity index is 194. The van der Waals surface area contributed by atoms with Crippen molar-refractivity contribution in [3.8, 4) is 0 Å². The molecule has 0 aromatic rings. The molecule has 0 heterocycles. The van der Waals surface area contributed by atoms with Crippen molar-refractivity contribution in [1.82, 2.24) is 5.32 Å². The quantitative estimate of drug-likeness (QED) is 0.509. The molecule has 0 aliphatic carbocycles. The van der Waals surface area contributed by atoms with E-state index in [1.54, 1.807) is 0 Å². The van der Waals surface area contributed by atoms with Crippen molar-refractivity contribution >= 4 is 5.91 Å². The number of rotatable bonds is 10. The highest BCUT2D eigenvalue weighted by molar-refractivity contribution is 5.75. The van der Waals surface area contributed by atoms with Crippen LogP contribution in [0.1, 0.15) is 52.4 Å². The van der Waals surface area contributed by atoms with Gasteiger partial charge in [0, 0.05) is 13.0 Å². The van der Waals surface area contributed by atoms with E-state index < -0.39 is 6.10 Å². The molecular formula is C13H28N2O2. The van der Waals surface area contributed by atoms with E-state index in [-0.39, 0.29) is 11.8 Å². The van der Waals surface area contributed by atoms with Gasteiger partial charge in [-0.15, -0.1) is 0 Å². The fourth-order valence-corrected chi connectivity index (χ4v) is 1.91. The largest absolute Gasteiger partial charge is 0.391 e. The molecule has 0 spiro atoms. The monoisotopic (exact) mass is 244 g/mol. The van der Waals surface area contributed by atoms with Crippen LogP contribution >= 0.6 is 0 Å². The van der Waals surface area contributed by atoms with Crippen LogP contribution in [-0.2, 0) is 4.79 Å². The van der Waals surface area contributed by atoms with Crippen LogP contribution in [0.25, 0.3) is 0 Å². The molecule has 0 rings (SSSR count). The lowest BCUT2D eigenvalue weighted by Gasteiger charge is -2.20. The number of aliphatic hydroxyl groups excluding tert-OH is 1. The van der Waals surface area contributed by atoms with Crippen LogP contribution in [0.5, 0.6) is 0 Å². The highest BCUT2D eigenvalue weighted by atomic mass is 16.3. The maximum atomic E-state index is 11.5. The Kier molecular flexibility index (Phi) is 10.2. The number of hydrogen-bond acceptors (Lipinski definition) is 3. The fraction of sp³-hybridized carbons (Fsp3) is 0.923. The average Bonchev–Trinajstić information content (AvgIpc) is 2.33. The van der Waals surface area contributed by atoms with Crippen LogP contribution < -0.4 is 11.1 Å². The maximum Gasteiger partial charge on any atom is 0.220 e. The molecule has 0 fully saturated rings. The summed E-state index contributed by atoms with van der Waals surface area (Å²) < 4.78 is 0. The number of hydrogen-bond donors (Lipinski definition) is 3. The van der Waals surface area contributed by atoms with Crippen LogP contribution in [0.4, 0.5) is 0 Å². The van der Waals surface area contributed by atoms with Gasteiger partial charge in [0.05, 0.1) is 6.10 Å². The van der Waals surface area contributed by atoms with Gasteiger partial charge in [0.15, 0.2) is 0 Å². The first kappa shape index (κ1) is 16.4. The zero-order chi connectivity index (χ0) is 13.1. The predicted octanol–water partition coefficient (Wildman–Crippen LogP) is 1.42. The molecular weight excluding hydrogens is 216 g/mol. The average molecular weight is 244 g/mol. The van der Waals surface area contributed by atoms with E-state index >= 15 is 0 Å². The number of aliphatic hydroxyl groups is 1. The lowest BCUT2D eigenvalue weighted by atomic mass is 9.96. The summed E-state index contributed by atoms with van der Waals surface area (Å²) in [6, 6.07) is 0. The molecule has 0 aromatic carbocycles. The number of nitrogens with two attached hydrogens (primary N) is 1. The number of nitrogens with one attached hydrogen (secondary N) is 1. The molecule has 102 valence electrons. The second-order valence-corrected chi connectivity index (χ2v) is 4.55. The molecule has 0 saturated heterocycles. The van der Waals surface area contributed by atoms with Gasteiger partial charge in [0.2, 0.25) is 5.91 Å². The zero-order valence-electron chi connectivity index (χ0n) is 11.2. The first-order valence-corrected chi connectivity index (χ1v) is 6.80. The summed E-state index contributed by atoms with van der Waals surface area (Å²) in [4.78, 5) is 11.5. The highest BCUT2D eigenvalue weighted by Crippen LogP contribution is 2.12. The molecule has 1 amide bonds. The van der Waals surface area contributed by atoms with E-state index in [2.05, 4.69) is 19.2 Å². The normalized spacial score (nSPS) is 12.8. The topological polar surface area (TPSA) is 75.3 Å². The molecule has 4 nitrogen and oxygen atoms in total. The van der Waals surface area contributed by atoms with Crippen LogP contribution in [0.2, 0.25) is 0 Å². The predicted molar refractivity (Wildman–Crippen MR) is 70.6 cm³/mol. The number of unbranched alkanes of at least 4 members (excludes halogenated alkanes) is 2. The second-order valence-electron chi connectivity index (χ2n) is 4.55. The van der Waals surface area contributed by atoms with E-state index in [0.717, 1.165) is 32.1 Å². The van der Waals surface area contributed by atoms with E-state index in [4.69, 9.17) is 5.73 Å². The standard InChI is InChI=1S/C13H28N2O2/c1-3-11(4-2)12(16)10-15-13(17)8-6-5-7-9-14/h11-12,16H,3-10,14H2,1-2H3,(H,15,17). The summed E-state index contributed by atoms with van der Waals surface area (Å²) in [5.74, 6) is 0.319.